The highest BCUT2D eigenvalue weighted by atomic mass is 19.3. The molecule has 1 heterocycles. The van der Waals surface area contributed by atoms with Crippen LogP contribution >= 0.6 is 0 Å². The van der Waals surface area contributed by atoms with Crippen molar-refractivity contribution in [1.29, 1.82) is 0 Å². The van der Waals surface area contributed by atoms with E-state index in [1.807, 2.05) is 0 Å². The lowest BCUT2D eigenvalue weighted by Gasteiger charge is -2.37. The van der Waals surface area contributed by atoms with Gasteiger partial charge in [-0.15, -0.1) is 0 Å². The van der Waals surface area contributed by atoms with Crippen molar-refractivity contribution in [1.82, 2.24) is 10.4 Å². The first-order valence-corrected chi connectivity index (χ1v) is 4.60. The summed E-state index contributed by atoms with van der Waals surface area (Å²) in [5.41, 5.74) is 2.22. The number of piperidine rings is 1. The molecule has 0 aromatic heterocycles. The van der Waals surface area contributed by atoms with E-state index in [-0.39, 0.29) is 13.0 Å². The second-order valence-corrected chi connectivity index (χ2v) is 3.33. The largest absolute Gasteiger partial charge is 0.387 e. The standard InChI is InChI=1S/C8H14F2N2O3/c1-11-15-6-2-3-12(7(14)4-13)5-8(6,9)10/h6,11,13H,2-5H2,1H3. The van der Waals surface area contributed by atoms with Gasteiger partial charge in [0.2, 0.25) is 5.91 Å². The smallest absolute Gasteiger partial charge is 0.292 e. The lowest BCUT2D eigenvalue weighted by molar-refractivity contribution is -0.196. The number of carbonyl (C=O) groups is 1. The van der Waals surface area contributed by atoms with Crippen LogP contribution in [-0.4, -0.2) is 54.7 Å². The third-order valence-electron chi connectivity index (χ3n) is 2.28. The summed E-state index contributed by atoms with van der Waals surface area (Å²) >= 11 is 0. The molecule has 15 heavy (non-hydrogen) atoms. The van der Waals surface area contributed by atoms with Crippen LogP contribution in [0.1, 0.15) is 6.42 Å². The highest BCUT2D eigenvalue weighted by Gasteiger charge is 2.46. The van der Waals surface area contributed by atoms with Crippen LogP contribution in [-0.2, 0) is 9.63 Å². The average molecular weight is 224 g/mol. The van der Waals surface area contributed by atoms with Gasteiger partial charge in [-0.25, -0.2) is 14.3 Å². The topological polar surface area (TPSA) is 61.8 Å². The van der Waals surface area contributed by atoms with Gasteiger partial charge in [-0.3, -0.25) is 9.63 Å². The maximum atomic E-state index is 13.4. The molecule has 1 aliphatic heterocycles. The molecule has 0 bridgehead atoms. The van der Waals surface area contributed by atoms with Crippen LogP contribution in [0.2, 0.25) is 0 Å². The SMILES string of the molecule is CNOC1CCN(C(=O)CO)CC1(F)F. The number of hydrogen-bond acceptors (Lipinski definition) is 4. The van der Waals surface area contributed by atoms with Crippen molar-refractivity contribution >= 4 is 5.91 Å². The van der Waals surface area contributed by atoms with Crippen molar-refractivity contribution in [2.24, 2.45) is 0 Å². The normalized spacial score (nSPS) is 25.3. The van der Waals surface area contributed by atoms with Crippen LogP contribution in [0.5, 0.6) is 0 Å². The van der Waals surface area contributed by atoms with Gasteiger partial charge in [-0.1, -0.05) is 0 Å². The zero-order chi connectivity index (χ0) is 11.5. The van der Waals surface area contributed by atoms with E-state index in [4.69, 9.17) is 5.11 Å². The Balaban J connectivity index is 2.59. The lowest BCUT2D eigenvalue weighted by Crippen LogP contribution is -2.55. The Kier molecular flexibility index (Phi) is 3.95. The fourth-order valence-electron chi connectivity index (χ4n) is 1.52. The molecule has 2 N–H and O–H groups in total. The minimum atomic E-state index is -3.09. The van der Waals surface area contributed by atoms with Gasteiger partial charge >= 0.3 is 0 Å². The number of amides is 1. The minimum absolute atomic E-state index is 0.0413. The molecule has 1 rings (SSSR count). The number of hydroxylamine groups is 1. The maximum Gasteiger partial charge on any atom is 0.292 e. The number of hydrogen-bond donors (Lipinski definition) is 2. The van der Waals surface area contributed by atoms with Crippen LogP contribution in [0.25, 0.3) is 0 Å². The van der Waals surface area contributed by atoms with Crippen LogP contribution in [0, 0.1) is 0 Å². The van der Waals surface area contributed by atoms with Crippen LogP contribution in [0.4, 0.5) is 8.78 Å². The number of aliphatic hydroxyl groups excluding tert-OH is 1. The molecular weight excluding hydrogens is 210 g/mol. The van der Waals surface area contributed by atoms with E-state index in [2.05, 4.69) is 10.3 Å². The van der Waals surface area contributed by atoms with Gasteiger partial charge in [-0.05, 0) is 6.42 Å². The molecule has 0 aliphatic carbocycles. The second kappa shape index (κ2) is 4.82. The van der Waals surface area contributed by atoms with Gasteiger partial charge < -0.3 is 10.0 Å². The Morgan fingerprint density at radius 3 is 2.87 bits per heavy atom. The van der Waals surface area contributed by atoms with Crippen LogP contribution in [0.3, 0.4) is 0 Å². The van der Waals surface area contributed by atoms with Gasteiger partial charge in [0.15, 0.2) is 0 Å². The predicted molar refractivity (Wildman–Crippen MR) is 47.2 cm³/mol. The molecule has 1 aliphatic rings. The van der Waals surface area contributed by atoms with Gasteiger partial charge in [0.05, 0.1) is 6.54 Å². The summed E-state index contributed by atoms with van der Waals surface area (Å²) in [6, 6.07) is 0. The van der Waals surface area contributed by atoms with E-state index in [1.165, 1.54) is 7.05 Å². The molecule has 7 heteroatoms. The number of halogens is 2. The number of carbonyl (C=O) groups excluding carboxylic acids is 1. The summed E-state index contributed by atoms with van der Waals surface area (Å²) in [7, 11) is 1.40. The number of nitrogens with zero attached hydrogens (tertiary/aromatic N) is 1. The molecular formula is C8H14F2N2O3. The third kappa shape index (κ3) is 2.83. The summed E-state index contributed by atoms with van der Waals surface area (Å²) in [5.74, 6) is -3.77. The van der Waals surface area contributed by atoms with Gasteiger partial charge in [0.25, 0.3) is 5.92 Å². The number of likely N-dealkylation sites (tertiary alicyclic amines) is 1. The molecule has 1 atom stereocenters. The van der Waals surface area contributed by atoms with E-state index in [0.29, 0.717) is 0 Å². The molecule has 0 aromatic rings. The molecule has 1 amide bonds. The van der Waals surface area contributed by atoms with Crippen molar-refractivity contribution in [3.05, 3.63) is 0 Å². The van der Waals surface area contributed by atoms with Crippen LogP contribution < -0.4 is 5.48 Å². The van der Waals surface area contributed by atoms with Crippen LogP contribution in [0.15, 0.2) is 0 Å². The van der Waals surface area contributed by atoms with Crippen molar-refractivity contribution in [2.75, 3.05) is 26.7 Å². The maximum absolute atomic E-state index is 13.4. The summed E-state index contributed by atoms with van der Waals surface area (Å²) in [6.45, 7) is -1.28. The molecule has 1 saturated heterocycles. The quantitative estimate of drug-likeness (QED) is 0.626. The Morgan fingerprint density at radius 1 is 1.73 bits per heavy atom. The number of alkyl halides is 2. The zero-order valence-electron chi connectivity index (χ0n) is 8.37. The van der Waals surface area contributed by atoms with E-state index >= 15 is 0 Å². The summed E-state index contributed by atoms with van der Waals surface area (Å²) in [4.78, 5) is 16.6. The number of rotatable bonds is 3. The molecule has 5 nitrogen and oxygen atoms in total. The summed E-state index contributed by atoms with van der Waals surface area (Å²) in [6.07, 6.45) is -1.19. The molecule has 0 aromatic carbocycles. The Morgan fingerprint density at radius 2 is 2.40 bits per heavy atom. The first kappa shape index (κ1) is 12.3. The van der Waals surface area contributed by atoms with Crippen molar-refractivity contribution < 1.29 is 23.5 Å². The van der Waals surface area contributed by atoms with Crippen molar-refractivity contribution in [3.63, 3.8) is 0 Å². The molecule has 0 radical (unpaired) electrons. The molecule has 0 spiro atoms. The number of nitrogens with one attached hydrogen (secondary N) is 1. The Bertz CT molecular complexity index is 238. The summed E-state index contributed by atoms with van der Waals surface area (Å²) < 4.78 is 26.7. The molecule has 1 unspecified atom stereocenters. The Labute approximate surface area is 86.0 Å². The van der Waals surface area contributed by atoms with Crippen molar-refractivity contribution in [3.8, 4) is 0 Å². The lowest BCUT2D eigenvalue weighted by atomic mass is 10.0. The fourth-order valence-corrected chi connectivity index (χ4v) is 1.52. The summed E-state index contributed by atoms with van der Waals surface area (Å²) in [5, 5.41) is 8.55. The first-order valence-electron chi connectivity index (χ1n) is 4.60. The minimum Gasteiger partial charge on any atom is -0.387 e. The Hall–Kier alpha value is -0.790. The van der Waals surface area contributed by atoms with E-state index < -0.39 is 31.1 Å². The average Bonchev–Trinajstić information content (AvgIpc) is 2.19. The first-order chi connectivity index (χ1) is 7.01. The second-order valence-electron chi connectivity index (χ2n) is 3.33. The third-order valence-corrected chi connectivity index (χ3v) is 2.28. The van der Waals surface area contributed by atoms with Gasteiger partial charge in [0, 0.05) is 13.6 Å². The molecule has 88 valence electrons. The van der Waals surface area contributed by atoms with E-state index in [1.54, 1.807) is 0 Å². The van der Waals surface area contributed by atoms with Gasteiger partial charge in [0.1, 0.15) is 12.7 Å². The zero-order valence-corrected chi connectivity index (χ0v) is 8.37. The monoisotopic (exact) mass is 224 g/mol. The number of aliphatic hydroxyl groups is 1. The highest BCUT2D eigenvalue weighted by molar-refractivity contribution is 5.77. The van der Waals surface area contributed by atoms with E-state index in [9.17, 15) is 13.6 Å². The highest BCUT2D eigenvalue weighted by Crippen LogP contribution is 2.29. The van der Waals surface area contributed by atoms with Crippen molar-refractivity contribution in [2.45, 2.75) is 18.4 Å². The predicted octanol–water partition coefficient (Wildman–Crippen LogP) is -0.634. The van der Waals surface area contributed by atoms with E-state index in [0.717, 1.165) is 4.90 Å². The molecule has 0 saturated carbocycles. The van der Waals surface area contributed by atoms with Gasteiger partial charge in [-0.2, -0.15) is 0 Å². The fraction of sp³-hybridized carbons (Fsp3) is 0.875. The molecule has 1 fully saturated rings.